The molecule has 0 aliphatic carbocycles. The van der Waals surface area contributed by atoms with E-state index in [1.807, 2.05) is 28.5 Å². The molecular weight excluding hydrogens is 314 g/mol. The Hall–Kier alpha value is -2.28. The van der Waals surface area contributed by atoms with Gasteiger partial charge in [-0.15, -0.1) is 11.3 Å². The van der Waals surface area contributed by atoms with Crippen LogP contribution in [0.1, 0.15) is 29.8 Å². The molecule has 2 aliphatic rings. The molecule has 1 aromatic heterocycles. The van der Waals surface area contributed by atoms with E-state index < -0.39 is 0 Å². The van der Waals surface area contributed by atoms with Gasteiger partial charge in [0.05, 0.1) is 0 Å². The van der Waals surface area contributed by atoms with Gasteiger partial charge < -0.3 is 19.7 Å². The highest BCUT2D eigenvalue weighted by Gasteiger charge is 2.21. The van der Waals surface area contributed by atoms with Crippen molar-refractivity contribution < 1.29 is 14.3 Å². The molecule has 7 heteroatoms. The molecule has 0 unspecified atom stereocenters. The Kier molecular flexibility index (Phi) is 3.78. The molecule has 1 N–H and O–H groups in total. The Morgan fingerprint density at radius 3 is 2.87 bits per heavy atom. The Balaban J connectivity index is 1.46. The van der Waals surface area contributed by atoms with E-state index >= 15 is 0 Å². The zero-order chi connectivity index (χ0) is 15.6. The van der Waals surface area contributed by atoms with E-state index in [4.69, 9.17) is 9.47 Å². The molecule has 0 spiro atoms. The van der Waals surface area contributed by atoms with E-state index in [1.165, 1.54) is 17.8 Å². The maximum Gasteiger partial charge on any atom is 0.273 e. The number of carbonyl (C=O) groups is 1. The lowest BCUT2D eigenvalue weighted by molar-refractivity contribution is 0.0719. The molecule has 1 fully saturated rings. The number of carbonyl (C=O) groups excluding carboxylic acids is 1. The second kappa shape index (κ2) is 6.08. The Labute approximate surface area is 138 Å². The summed E-state index contributed by atoms with van der Waals surface area (Å²) in [4.78, 5) is 18.7. The third-order valence-electron chi connectivity index (χ3n) is 3.99. The van der Waals surface area contributed by atoms with Gasteiger partial charge in [-0.25, -0.2) is 4.98 Å². The van der Waals surface area contributed by atoms with Crippen molar-refractivity contribution in [3.63, 3.8) is 0 Å². The number of amides is 1. The van der Waals surface area contributed by atoms with Gasteiger partial charge in [0, 0.05) is 30.2 Å². The summed E-state index contributed by atoms with van der Waals surface area (Å²) >= 11 is 1.43. The third kappa shape index (κ3) is 2.96. The number of hydrogen-bond acceptors (Lipinski definition) is 6. The molecule has 120 valence electrons. The zero-order valence-electron chi connectivity index (χ0n) is 12.6. The molecule has 0 saturated carbocycles. The van der Waals surface area contributed by atoms with Crippen LogP contribution in [0.5, 0.6) is 11.5 Å². The van der Waals surface area contributed by atoms with Gasteiger partial charge in [0.1, 0.15) is 5.69 Å². The average Bonchev–Trinajstić information content (AvgIpc) is 3.24. The number of aromatic nitrogens is 1. The highest BCUT2D eigenvalue weighted by atomic mass is 32.1. The number of nitrogens with one attached hydrogen (secondary N) is 1. The molecule has 1 aromatic carbocycles. The summed E-state index contributed by atoms with van der Waals surface area (Å²) in [5.74, 6) is 1.49. The summed E-state index contributed by atoms with van der Waals surface area (Å²) in [6, 6.07) is 5.63. The van der Waals surface area contributed by atoms with Gasteiger partial charge in [-0.1, -0.05) is 0 Å². The predicted molar refractivity (Wildman–Crippen MR) is 87.7 cm³/mol. The second-order valence-corrected chi connectivity index (χ2v) is 6.44. The van der Waals surface area contributed by atoms with Crippen molar-refractivity contribution in [3.8, 4) is 11.5 Å². The van der Waals surface area contributed by atoms with Crippen LogP contribution in [0.2, 0.25) is 0 Å². The minimum absolute atomic E-state index is 0.0275. The van der Waals surface area contributed by atoms with Crippen molar-refractivity contribution in [1.29, 1.82) is 0 Å². The molecule has 2 aliphatic heterocycles. The fourth-order valence-electron chi connectivity index (χ4n) is 2.79. The predicted octanol–water partition coefficient (Wildman–Crippen LogP) is 3.24. The zero-order valence-corrected chi connectivity index (χ0v) is 13.4. The Bertz CT molecular complexity index is 725. The molecule has 6 nitrogen and oxygen atoms in total. The van der Waals surface area contributed by atoms with Crippen molar-refractivity contribution in [2.45, 2.75) is 19.3 Å². The fourth-order valence-corrected chi connectivity index (χ4v) is 3.49. The van der Waals surface area contributed by atoms with Crippen LogP contribution < -0.4 is 14.8 Å². The number of anilines is 2. The van der Waals surface area contributed by atoms with Crippen molar-refractivity contribution in [3.05, 3.63) is 29.3 Å². The van der Waals surface area contributed by atoms with Gasteiger partial charge in [-0.3, -0.25) is 4.79 Å². The largest absolute Gasteiger partial charge is 0.454 e. The topological polar surface area (TPSA) is 63.7 Å². The van der Waals surface area contributed by atoms with Gasteiger partial charge in [0.25, 0.3) is 5.91 Å². The second-order valence-electron chi connectivity index (χ2n) is 5.58. The molecule has 0 radical (unpaired) electrons. The number of rotatable bonds is 3. The smallest absolute Gasteiger partial charge is 0.273 e. The molecule has 3 heterocycles. The molecule has 1 amide bonds. The first-order chi connectivity index (χ1) is 11.3. The molecule has 0 bridgehead atoms. The summed E-state index contributed by atoms with van der Waals surface area (Å²) in [7, 11) is 0. The lowest BCUT2D eigenvalue weighted by atomic mass is 10.1. The number of ether oxygens (including phenoxy) is 2. The van der Waals surface area contributed by atoms with Crippen molar-refractivity contribution >= 4 is 28.1 Å². The Morgan fingerprint density at radius 2 is 2.00 bits per heavy atom. The Morgan fingerprint density at radius 1 is 1.17 bits per heavy atom. The molecule has 23 heavy (non-hydrogen) atoms. The lowest BCUT2D eigenvalue weighted by Gasteiger charge is -2.25. The van der Waals surface area contributed by atoms with Gasteiger partial charge in [0.15, 0.2) is 16.6 Å². The highest BCUT2D eigenvalue weighted by molar-refractivity contribution is 7.14. The minimum atomic E-state index is 0.0275. The highest BCUT2D eigenvalue weighted by Crippen LogP contribution is 2.35. The number of fused-ring (bicyclic) bond motifs is 1. The van der Waals surface area contributed by atoms with Crippen LogP contribution in [-0.2, 0) is 0 Å². The van der Waals surface area contributed by atoms with E-state index in [0.717, 1.165) is 43.1 Å². The van der Waals surface area contributed by atoms with E-state index in [2.05, 4.69) is 10.3 Å². The maximum atomic E-state index is 12.4. The average molecular weight is 331 g/mol. The van der Waals surface area contributed by atoms with Crippen LogP contribution >= 0.6 is 11.3 Å². The van der Waals surface area contributed by atoms with Crippen LogP contribution in [0.25, 0.3) is 0 Å². The quantitative estimate of drug-likeness (QED) is 0.935. The van der Waals surface area contributed by atoms with E-state index in [1.54, 1.807) is 0 Å². The minimum Gasteiger partial charge on any atom is -0.454 e. The third-order valence-corrected chi connectivity index (χ3v) is 4.75. The van der Waals surface area contributed by atoms with E-state index in [0.29, 0.717) is 10.8 Å². The lowest BCUT2D eigenvalue weighted by Crippen LogP contribution is -2.35. The first-order valence-electron chi connectivity index (χ1n) is 7.71. The first-order valence-corrected chi connectivity index (χ1v) is 8.59. The van der Waals surface area contributed by atoms with Crippen LogP contribution in [-0.4, -0.2) is 35.7 Å². The number of likely N-dealkylation sites (tertiary alicyclic amines) is 1. The normalized spacial score (nSPS) is 16.4. The number of nitrogens with zero attached hydrogens (tertiary/aromatic N) is 2. The van der Waals surface area contributed by atoms with Crippen LogP contribution in [0.4, 0.5) is 10.8 Å². The van der Waals surface area contributed by atoms with Crippen LogP contribution in [0, 0.1) is 0 Å². The van der Waals surface area contributed by atoms with Crippen molar-refractivity contribution in [1.82, 2.24) is 9.88 Å². The van der Waals surface area contributed by atoms with Gasteiger partial charge in [-0.2, -0.15) is 0 Å². The first kappa shape index (κ1) is 14.3. The monoisotopic (exact) mass is 331 g/mol. The van der Waals surface area contributed by atoms with E-state index in [9.17, 15) is 4.79 Å². The number of thiazole rings is 1. The van der Waals surface area contributed by atoms with Gasteiger partial charge in [-0.05, 0) is 31.4 Å². The molecule has 1 saturated heterocycles. The molecule has 4 rings (SSSR count). The number of piperidine rings is 1. The number of benzene rings is 1. The summed E-state index contributed by atoms with van der Waals surface area (Å²) < 4.78 is 10.7. The summed E-state index contributed by atoms with van der Waals surface area (Å²) in [5.41, 5.74) is 1.38. The van der Waals surface area contributed by atoms with Crippen LogP contribution in [0.15, 0.2) is 23.6 Å². The van der Waals surface area contributed by atoms with Crippen molar-refractivity contribution in [2.24, 2.45) is 0 Å². The maximum absolute atomic E-state index is 12.4. The SMILES string of the molecule is O=C(c1csc(Nc2ccc3c(c2)OCO3)n1)N1CCCCC1. The van der Waals surface area contributed by atoms with Gasteiger partial charge in [0.2, 0.25) is 6.79 Å². The summed E-state index contributed by atoms with van der Waals surface area (Å²) in [5, 5.41) is 5.72. The molecule has 2 aromatic rings. The summed E-state index contributed by atoms with van der Waals surface area (Å²) in [6.45, 7) is 1.92. The van der Waals surface area contributed by atoms with Crippen LogP contribution in [0.3, 0.4) is 0 Å². The number of hydrogen-bond donors (Lipinski definition) is 1. The fraction of sp³-hybridized carbons (Fsp3) is 0.375. The molecule has 0 atom stereocenters. The summed E-state index contributed by atoms with van der Waals surface area (Å²) in [6.07, 6.45) is 3.37. The van der Waals surface area contributed by atoms with Crippen molar-refractivity contribution in [2.75, 3.05) is 25.2 Å². The van der Waals surface area contributed by atoms with Gasteiger partial charge >= 0.3 is 0 Å². The standard InChI is InChI=1S/C16H17N3O3S/c20-15(19-6-2-1-3-7-19)12-9-23-16(18-12)17-11-4-5-13-14(8-11)22-10-21-13/h4-5,8-9H,1-3,6-7,10H2,(H,17,18). The van der Waals surface area contributed by atoms with E-state index in [-0.39, 0.29) is 12.7 Å². The molecular formula is C16H17N3O3S.